The number of hydrogen-bond donors (Lipinski definition) is 1. The second-order valence-corrected chi connectivity index (χ2v) is 25.7. The van der Waals surface area contributed by atoms with Crippen LogP contribution >= 0.6 is 55.1 Å². The summed E-state index contributed by atoms with van der Waals surface area (Å²) in [6.45, 7) is 13.9. The number of pyridine rings is 2. The van der Waals surface area contributed by atoms with Gasteiger partial charge >= 0.3 is 6.09 Å². The van der Waals surface area contributed by atoms with Gasteiger partial charge in [0, 0.05) is 135 Å². The number of carbonyl (C=O) groups is 3. The summed E-state index contributed by atoms with van der Waals surface area (Å²) in [5.74, 6) is 0.982. The van der Waals surface area contributed by atoms with Crippen LogP contribution in [0.2, 0.25) is 10.0 Å². The highest BCUT2D eigenvalue weighted by Crippen LogP contribution is 2.41. The molecule has 8 heterocycles. The van der Waals surface area contributed by atoms with Gasteiger partial charge < -0.3 is 29.0 Å². The lowest BCUT2D eigenvalue weighted by Gasteiger charge is -2.44. The largest absolute Gasteiger partial charge is 0.444 e. The van der Waals surface area contributed by atoms with Crippen molar-refractivity contribution < 1.29 is 23.8 Å². The zero-order valence-corrected chi connectivity index (χ0v) is 50.1. The summed E-state index contributed by atoms with van der Waals surface area (Å²) in [7, 11) is 0. The molecule has 4 aromatic heterocycles. The first-order chi connectivity index (χ1) is 39.1. The van der Waals surface area contributed by atoms with Crippen LogP contribution in [0, 0.1) is 11.8 Å². The average molecular weight is 1280 g/mol. The van der Waals surface area contributed by atoms with Gasteiger partial charge in [0.2, 0.25) is 11.8 Å². The van der Waals surface area contributed by atoms with Crippen LogP contribution in [0.25, 0.3) is 0 Å². The van der Waals surface area contributed by atoms with Crippen LogP contribution < -0.4 is 5.32 Å². The highest BCUT2D eigenvalue weighted by molar-refractivity contribution is 9.10. The Morgan fingerprint density at radius 2 is 1.19 bits per heavy atom. The standard InChI is InChI=1S/C32H38BrClN6O3.C27H30BrClN6O.CH4.FH/c1-32(2,3)43-31(42)40-13-12-38(19-27(40)30(41)39-10-8-21(18-39)17-37-11-9-35-20-37)29-26-7-6-25(34)15-22(26)4-5-23-14-24(33)16-36-28(23)29;28-21-11-20-2-1-19-12-22(29)3-4-23(19)26(25(20)32-13-21)34-10-7-31-24(16-34)27(36)35-8-5-18(15-35)14-33-9-6-30-17-33;;/h6-7,9,11,14-16,20-21,27,29H,4-5,8,10,12-13,17-19H2,1-3H3;3-4,6,9,11-13,17-18,24,26,31H,1-2,5,7-8,10,14-16H2;1H4;1H/t21-,27+,29?;18-,24+,26?;;/m00../s1/i/hT. The zero-order chi connectivity index (χ0) is 57.0. The topological polar surface area (TPSA) is 150 Å². The van der Waals surface area contributed by atoms with Gasteiger partial charge in [-0.2, -0.15) is 0 Å². The number of rotatable bonds is 8. The van der Waals surface area contributed by atoms with Gasteiger partial charge in [0.25, 0.3) is 1.45 Å². The highest BCUT2D eigenvalue weighted by Gasteiger charge is 2.45. The first-order valence-electron chi connectivity index (χ1n) is 28.0. The van der Waals surface area contributed by atoms with Crippen molar-refractivity contribution >= 4 is 73.0 Å². The molecule has 4 aliphatic heterocycles. The Hall–Kier alpha value is -5.28. The van der Waals surface area contributed by atoms with Crippen molar-refractivity contribution in [3.05, 3.63) is 162 Å². The van der Waals surface area contributed by atoms with E-state index in [1.54, 1.807) is 11.1 Å². The Morgan fingerprint density at radius 1 is 0.679 bits per heavy atom. The summed E-state index contributed by atoms with van der Waals surface area (Å²) in [5.41, 5.74) is 8.70. The number of halogens is 5. The molecule has 21 heteroatoms. The predicted octanol–water partition coefficient (Wildman–Crippen LogP) is 9.85. The molecule has 4 saturated heterocycles. The van der Waals surface area contributed by atoms with E-state index >= 15 is 0 Å². The molecule has 81 heavy (non-hydrogen) atoms. The lowest BCUT2D eigenvalue weighted by Crippen LogP contribution is -2.62. The second kappa shape index (κ2) is 26.1. The monoisotopic (exact) mass is 1270 g/mol. The van der Waals surface area contributed by atoms with Crippen LogP contribution in [-0.4, -0.2) is 156 Å². The number of ether oxygens (including phenoxy) is 1. The number of imidazole rings is 2. The number of hydrogen-bond acceptors (Lipinski definition) is 11. The number of nitrogens with one attached hydrogen (secondary N) is 1. The van der Waals surface area contributed by atoms with Gasteiger partial charge in [0.15, 0.2) is 0 Å². The van der Waals surface area contributed by atoms with E-state index in [2.05, 4.69) is 104 Å². The fourth-order valence-electron chi connectivity index (χ4n) is 12.7. The van der Waals surface area contributed by atoms with E-state index in [4.69, 9.17) is 42.6 Å². The molecule has 12 rings (SSSR count). The number of likely N-dealkylation sites (tertiary alicyclic amines) is 2. The molecule has 0 spiro atoms. The molecular formula is C60H73Br2Cl2FN12O4. The van der Waals surface area contributed by atoms with Crippen molar-refractivity contribution in [2.75, 3.05) is 65.4 Å². The number of aryl methyl sites for hydroxylation is 4. The average Bonchev–Trinajstić information content (AvgIpc) is 3.68. The summed E-state index contributed by atoms with van der Waals surface area (Å²) in [6, 6.07) is 15.6. The molecule has 6 aliphatic rings. The molecule has 2 unspecified atom stereocenters. The van der Waals surface area contributed by atoms with E-state index < -0.39 is 17.7 Å². The van der Waals surface area contributed by atoms with Gasteiger partial charge in [0.05, 0.1) is 42.2 Å². The quantitative estimate of drug-likeness (QED) is 0.155. The van der Waals surface area contributed by atoms with Gasteiger partial charge in [-0.05, 0) is 173 Å². The zero-order valence-electron chi connectivity index (χ0n) is 46.4. The van der Waals surface area contributed by atoms with Crippen molar-refractivity contribution in [3.8, 4) is 0 Å². The molecule has 2 aliphatic carbocycles. The summed E-state index contributed by atoms with van der Waals surface area (Å²) in [6.07, 6.45) is 20.0. The molecule has 16 nitrogen and oxygen atoms in total. The fourth-order valence-corrected chi connectivity index (χ4v) is 13.9. The number of piperazine rings is 2. The number of fused-ring (bicyclic) bond motifs is 4. The maximum Gasteiger partial charge on any atom is 0.411 e. The smallest absolute Gasteiger partial charge is 0.411 e. The molecule has 1 N–H and O–H groups in total. The van der Waals surface area contributed by atoms with E-state index in [1.807, 2.05) is 86.3 Å². The van der Waals surface area contributed by atoms with E-state index in [0.29, 0.717) is 56.1 Å². The van der Waals surface area contributed by atoms with Crippen LogP contribution in [0.15, 0.2) is 107 Å². The third-order valence-electron chi connectivity index (χ3n) is 16.4. The van der Waals surface area contributed by atoms with Crippen LogP contribution in [0.4, 0.5) is 9.51 Å². The lowest BCUT2D eigenvalue weighted by atomic mass is 9.95. The maximum absolute atomic E-state index is 14.3. The van der Waals surface area contributed by atoms with Crippen molar-refractivity contribution in [3.63, 3.8) is 0 Å². The molecule has 6 atom stereocenters. The van der Waals surface area contributed by atoms with Crippen molar-refractivity contribution in [2.45, 2.75) is 110 Å². The van der Waals surface area contributed by atoms with E-state index in [9.17, 15) is 14.4 Å². The Bertz CT molecular complexity index is 3070. The Balaban J connectivity index is 0.000000192. The molecule has 3 amide bonds. The van der Waals surface area contributed by atoms with Crippen molar-refractivity contribution in [1.29, 1.82) is 1.45 Å². The van der Waals surface area contributed by atoms with E-state index in [-0.39, 0.29) is 37.4 Å². The van der Waals surface area contributed by atoms with Crippen LogP contribution in [0.5, 0.6) is 0 Å². The molecule has 0 bridgehead atoms. The predicted molar refractivity (Wildman–Crippen MR) is 320 cm³/mol. The first kappa shape index (κ1) is 58.9. The number of aromatic nitrogens is 6. The third-order valence-corrected chi connectivity index (χ3v) is 17.7. The van der Waals surface area contributed by atoms with Crippen LogP contribution in [-0.2, 0) is 53.1 Å². The van der Waals surface area contributed by atoms with E-state index in [0.717, 1.165) is 109 Å². The SMILES string of the molecule is C.CC(C)(C)OC(=O)N1CCN(C2c3ccc(Cl)cc3CCc3cc(Br)cnc32)C[C@@H]1C(=O)N1CC[C@@H](Cn2ccnc2)C1.O=C([C@H]1CN(C2c3ccc(Cl)cc3CCc3cc(Br)cnc32)CCN1)N1CC[C@@H](Cn2ccnc2)C1.[3H]F. The highest BCUT2D eigenvalue weighted by atomic mass is 79.9. The number of nitrogens with zero attached hydrogens (tertiary/aromatic N) is 11. The van der Waals surface area contributed by atoms with Crippen LogP contribution in [0.1, 0.15) is 97.9 Å². The van der Waals surface area contributed by atoms with Crippen molar-refractivity contribution in [1.82, 2.24) is 58.9 Å². The Morgan fingerprint density at radius 3 is 1.69 bits per heavy atom. The molecule has 6 aromatic rings. The summed E-state index contributed by atoms with van der Waals surface area (Å²) < 4.78 is 24.9. The summed E-state index contributed by atoms with van der Waals surface area (Å²) >= 11 is 20.1. The minimum absolute atomic E-state index is 0. The normalized spacial score (nSPS) is 22.9. The molecule has 2 aromatic carbocycles. The molecule has 0 radical (unpaired) electrons. The van der Waals surface area contributed by atoms with Gasteiger partial charge in [-0.25, -0.2) is 14.8 Å². The van der Waals surface area contributed by atoms with Crippen molar-refractivity contribution in [2.24, 2.45) is 11.8 Å². The summed E-state index contributed by atoms with van der Waals surface area (Å²) in [5, 5.41) is 4.98. The fraction of sp³-hybridized carbons (Fsp3) is 0.483. The van der Waals surface area contributed by atoms with Crippen LogP contribution in [0.3, 0.4) is 0 Å². The number of carbonyl (C=O) groups excluding carboxylic acids is 3. The minimum Gasteiger partial charge on any atom is -0.444 e. The maximum atomic E-state index is 14.3. The van der Waals surface area contributed by atoms with Gasteiger partial charge in [-0.15, -0.1) is 0 Å². The van der Waals surface area contributed by atoms with E-state index in [1.165, 1.54) is 27.8 Å². The molecule has 432 valence electrons. The number of amides is 3. The summed E-state index contributed by atoms with van der Waals surface area (Å²) in [4.78, 5) is 69.9. The Labute approximate surface area is 503 Å². The molecular weight excluding hydrogens is 1200 g/mol. The van der Waals surface area contributed by atoms with Gasteiger partial charge in [-0.1, -0.05) is 42.8 Å². The second-order valence-electron chi connectivity index (χ2n) is 23.0. The number of benzene rings is 2. The minimum atomic E-state index is -0.673. The van der Waals surface area contributed by atoms with Gasteiger partial charge in [0.1, 0.15) is 11.6 Å². The lowest BCUT2D eigenvalue weighted by molar-refractivity contribution is -0.139. The molecule has 0 saturated carbocycles. The Kier molecular flexibility index (Phi) is 19.0. The first-order valence-corrected chi connectivity index (χ1v) is 30.0. The third kappa shape index (κ3) is 13.9. The molecule has 4 fully saturated rings. The van der Waals surface area contributed by atoms with Gasteiger partial charge in [-0.3, -0.25) is 39.0 Å².